The summed E-state index contributed by atoms with van der Waals surface area (Å²) < 4.78 is 40.2. The van der Waals surface area contributed by atoms with Crippen LogP contribution in [0.5, 0.6) is 0 Å². The second kappa shape index (κ2) is 7.51. The molecule has 1 amide bonds. The molecule has 0 bridgehead atoms. The Morgan fingerprint density at radius 3 is 2.50 bits per heavy atom. The van der Waals surface area contributed by atoms with Gasteiger partial charge in [0.15, 0.2) is 0 Å². The molecule has 0 aromatic heterocycles. The fourth-order valence-corrected chi connectivity index (χ4v) is 4.69. The molecule has 2 rings (SSSR count). The number of halogens is 3. The van der Waals surface area contributed by atoms with Crippen LogP contribution in [0.1, 0.15) is 31.4 Å². The molecule has 0 aliphatic carbocycles. The van der Waals surface area contributed by atoms with Gasteiger partial charge in [-0.1, -0.05) is 0 Å². The third-order valence-corrected chi connectivity index (χ3v) is 6.07. The predicted octanol–water partition coefficient (Wildman–Crippen LogP) is 1.84. The average molecular weight is 459 g/mol. The first kappa shape index (κ1) is 21.2. The van der Waals surface area contributed by atoms with Gasteiger partial charge in [-0.15, -0.1) is 0 Å². The van der Waals surface area contributed by atoms with Crippen molar-refractivity contribution in [1.82, 2.24) is 4.90 Å². The number of rotatable bonds is 4. The summed E-state index contributed by atoms with van der Waals surface area (Å²) in [4.78, 5) is 15.6. The summed E-state index contributed by atoms with van der Waals surface area (Å²) in [6.07, 6.45) is -4.33. The van der Waals surface area contributed by atoms with Crippen molar-refractivity contribution >= 4 is 31.3 Å². The van der Waals surface area contributed by atoms with Gasteiger partial charge in [-0.2, -0.15) is 0 Å². The van der Waals surface area contributed by atoms with Gasteiger partial charge in [0, 0.05) is 0 Å². The first-order valence-corrected chi connectivity index (χ1v) is 9.48. The van der Waals surface area contributed by atoms with E-state index in [0.717, 1.165) is 11.0 Å². The van der Waals surface area contributed by atoms with Crippen LogP contribution in [0.15, 0.2) is 12.1 Å². The molecule has 0 unspecified atom stereocenters. The second-order valence-corrected chi connectivity index (χ2v) is 8.03. The molecular weight excluding hydrogens is 444 g/mol. The zero-order valence-corrected chi connectivity index (χ0v) is 17.7. The van der Waals surface area contributed by atoms with Gasteiger partial charge in [0.2, 0.25) is 0 Å². The molecule has 1 aliphatic rings. The maximum atomic E-state index is 13.4. The topological polar surface area (TPSA) is 67.6 Å². The van der Waals surface area contributed by atoms with Crippen LogP contribution >= 0.6 is 12.2 Å². The van der Waals surface area contributed by atoms with Gasteiger partial charge in [0.25, 0.3) is 0 Å². The van der Waals surface area contributed by atoms with E-state index in [4.69, 9.17) is 22.6 Å². The molecule has 136 valence electrons. The van der Waals surface area contributed by atoms with Gasteiger partial charge in [-0.3, -0.25) is 0 Å². The molecule has 0 spiro atoms. The van der Waals surface area contributed by atoms with Crippen molar-refractivity contribution in [3.8, 4) is 6.07 Å². The van der Waals surface area contributed by atoms with Crippen molar-refractivity contribution in [2.45, 2.75) is 32.0 Å². The normalized spacial score (nSPS) is 16.9. The first-order chi connectivity index (χ1) is 12.0. The summed E-state index contributed by atoms with van der Waals surface area (Å²) in [5, 5.41) is 18.2. The van der Waals surface area contributed by atoms with Gasteiger partial charge in [-0.05, 0) is 0 Å². The predicted molar refractivity (Wildman–Crippen MR) is 88.4 cm³/mol. The third-order valence-electron chi connectivity index (χ3n) is 4.23. The third kappa shape index (κ3) is 3.52. The SMILES string of the molecule is CC1(C)C(=O)N(c2ccc(C#N)c(C(F)(F)F)[c]2[Y])C(=S)N1CCCO. The van der Waals surface area contributed by atoms with Crippen molar-refractivity contribution in [2.75, 3.05) is 18.1 Å². The molecule has 1 aliphatic heterocycles. The van der Waals surface area contributed by atoms with Crippen LogP contribution in [0.4, 0.5) is 18.9 Å². The standard InChI is InChI=1S/C16H15F3N3O2S.Y/c1-15(2)13(24)22(14(25)21(15)6-3-7-23)11-5-4-10(9-20)12(8-11)16(17,18)19;/h4-5,23H,3,6-7H2,1-2H3;. The molecule has 26 heavy (non-hydrogen) atoms. The Hall–Kier alpha value is -1.08. The summed E-state index contributed by atoms with van der Waals surface area (Å²) >= 11 is 5.41. The Morgan fingerprint density at radius 2 is 2.00 bits per heavy atom. The van der Waals surface area contributed by atoms with Crippen molar-refractivity contribution in [1.29, 1.82) is 5.26 Å². The summed E-state index contributed by atoms with van der Waals surface area (Å²) in [6, 6.07) is 3.97. The van der Waals surface area contributed by atoms with E-state index in [1.165, 1.54) is 6.07 Å². The molecule has 1 heterocycles. The fourth-order valence-electron chi connectivity index (χ4n) is 2.85. The number of hydrogen-bond donors (Lipinski definition) is 1. The fraction of sp³-hybridized carbons (Fsp3) is 0.438. The van der Waals surface area contributed by atoms with E-state index >= 15 is 0 Å². The monoisotopic (exact) mass is 459 g/mol. The van der Waals surface area contributed by atoms with E-state index < -0.39 is 28.7 Å². The van der Waals surface area contributed by atoms with Crippen molar-refractivity contribution in [3.63, 3.8) is 0 Å². The van der Waals surface area contributed by atoms with Crippen molar-refractivity contribution in [3.05, 3.63) is 23.3 Å². The Morgan fingerprint density at radius 1 is 1.38 bits per heavy atom. The Balaban J connectivity index is 2.60. The quantitative estimate of drug-likeness (QED) is 0.697. The van der Waals surface area contributed by atoms with Gasteiger partial charge in [0.05, 0.1) is 0 Å². The molecule has 1 fully saturated rings. The number of hydrogen-bond acceptors (Lipinski definition) is 4. The van der Waals surface area contributed by atoms with Crippen LogP contribution in [0.25, 0.3) is 0 Å². The number of alkyl halides is 3. The van der Waals surface area contributed by atoms with E-state index in [0.29, 0.717) is 13.0 Å². The first-order valence-electron chi connectivity index (χ1n) is 7.65. The van der Waals surface area contributed by atoms with E-state index in [1.807, 2.05) is 0 Å². The van der Waals surface area contributed by atoms with Crippen LogP contribution in [-0.4, -0.2) is 39.7 Å². The molecule has 1 saturated heterocycles. The van der Waals surface area contributed by atoms with Crippen LogP contribution in [0.3, 0.4) is 0 Å². The zero-order chi connectivity index (χ0) is 19.9. The molecule has 0 saturated carbocycles. The molecule has 0 atom stereocenters. The number of amides is 1. The number of nitriles is 1. The molecule has 1 aromatic carbocycles. The van der Waals surface area contributed by atoms with Crippen LogP contribution in [-0.2, 0) is 41.9 Å². The van der Waals surface area contributed by atoms with Gasteiger partial charge >= 0.3 is 175 Å². The number of anilines is 1. The van der Waals surface area contributed by atoms with E-state index in [1.54, 1.807) is 24.8 Å². The number of carbonyl (C=O) groups excluding carboxylic acids is 1. The van der Waals surface area contributed by atoms with Gasteiger partial charge < -0.3 is 0 Å². The number of benzene rings is 1. The van der Waals surface area contributed by atoms with Crippen LogP contribution in [0, 0.1) is 11.3 Å². The number of nitrogens with zero attached hydrogens (tertiary/aromatic N) is 3. The second-order valence-electron chi connectivity index (χ2n) is 6.24. The zero-order valence-electron chi connectivity index (χ0n) is 14.1. The van der Waals surface area contributed by atoms with Crippen molar-refractivity contribution in [2.24, 2.45) is 0 Å². The summed E-state index contributed by atoms with van der Waals surface area (Å²) in [5.74, 6) is -0.436. The Bertz CT molecular complexity index is 805. The van der Waals surface area contributed by atoms with Crippen LogP contribution in [0.2, 0.25) is 0 Å². The number of aliphatic hydroxyl groups is 1. The Labute approximate surface area is 174 Å². The average Bonchev–Trinajstić information content (AvgIpc) is 2.70. The molecule has 10 heteroatoms. The number of carbonyl (C=O) groups is 1. The molecule has 1 N–H and O–H groups in total. The minimum atomic E-state index is -4.70. The minimum absolute atomic E-state index is 0.0555. The summed E-state index contributed by atoms with van der Waals surface area (Å²) in [6.45, 7) is 3.49. The molecule has 0 radical (unpaired) electrons. The molecule has 5 nitrogen and oxygen atoms in total. The van der Waals surface area contributed by atoms with Crippen molar-refractivity contribution < 1.29 is 54.0 Å². The van der Waals surface area contributed by atoms with E-state index in [-0.39, 0.29) is 50.7 Å². The Kier molecular flexibility index (Phi) is 6.13. The van der Waals surface area contributed by atoms with E-state index in [2.05, 4.69) is 0 Å². The van der Waals surface area contributed by atoms with E-state index in [9.17, 15) is 18.0 Å². The maximum absolute atomic E-state index is 13.4. The summed E-state index contributed by atoms with van der Waals surface area (Å²) in [7, 11) is 0. The van der Waals surface area contributed by atoms with Crippen LogP contribution < -0.4 is 7.27 Å². The summed E-state index contributed by atoms with van der Waals surface area (Å²) in [5.41, 5.74) is -2.46. The number of thiocarbonyl (C=S) groups is 1. The molecular formula is C16H15F3N3O2SY. The molecule has 1 aromatic rings. The number of aliphatic hydroxyl groups excluding tert-OH is 1. The van der Waals surface area contributed by atoms with Gasteiger partial charge in [-0.25, -0.2) is 0 Å². The van der Waals surface area contributed by atoms with Gasteiger partial charge in [0.1, 0.15) is 0 Å².